The molecule has 1 atom stereocenters. The lowest BCUT2D eigenvalue weighted by Gasteiger charge is -2.29. The molecule has 0 aliphatic carbocycles. The minimum absolute atomic E-state index is 0.0769. The number of hydrogen-bond acceptors (Lipinski definition) is 2. The largest absolute Gasteiger partial charge is 0.479 e. The van der Waals surface area contributed by atoms with Gasteiger partial charge in [-0.3, -0.25) is 4.79 Å². The second kappa shape index (κ2) is 7.15. The summed E-state index contributed by atoms with van der Waals surface area (Å²) >= 11 is 0. The van der Waals surface area contributed by atoms with Gasteiger partial charge < -0.3 is 10.4 Å². The first kappa shape index (κ1) is 18.5. The zero-order valence-electron chi connectivity index (χ0n) is 12.6. The molecule has 1 aromatic carbocycles. The summed E-state index contributed by atoms with van der Waals surface area (Å²) in [7, 11) is 0. The summed E-state index contributed by atoms with van der Waals surface area (Å²) in [6.07, 6.45) is -4.49. The van der Waals surface area contributed by atoms with Crippen molar-refractivity contribution in [3.05, 3.63) is 53.3 Å². The molecule has 4 nitrogen and oxygen atoms in total. The molecule has 0 fully saturated rings. The highest BCUT2D eigenvalue weighted by molar-refractivity contribution is 5.99. The van der Waals surface area contributed by atoms with Gasteiger partial charge in [-0.1, -0.05) is 25.1 Å². The number of carboxylic acids is 1. The minimum Gasteiger partial charge on any atom is -0.479 e. The van der Waals surface area contributed by atoms with Gasteiger partial charge in [-0.25, -0.2) is 4.79 Å². The molecule has 1 amide bonds. The van der Waals surface area contributed by atoms with Crippen LogP contribution in [0, 0.1) is 0 Å². The first-order valence-corrected chi connectivity index (χ1v) is 6.75. The molecule has 0 aliphatic rings. The second-order valence-corrected chi connectivity index (χ2v) is 4.85. The molecule has 7 heteroatoms. The lowest BCUT2D eigenvalue weighted by molar-refractivity contribution is -0.196. The Morgan fingerprint density at radius 3 is 2.26 bits per heavy atom. The van der Waals surface area contributed by atoms with Crippen molar-refractivity contribution in [2.75, 3.05) is 0 Å². The van der Waals surface area contributed by atoms with Gasteiger partial charge in [-0.05, 0) is 31.1 Å². The fraction of sp³-hybridized carbons (Fsp3) is 0.312. The number of halogens is 3. The number of nitrogens with one attached hydrogen (secondary N) is 1. The summed E-state index contributed by atoms with van der Waals surface area (Å²) in [5.41, 5.74) is -0.903. The summed E-state index contributed by atoms with van der Waals surface area (Å²) in [6, 6.07) is 7.08. The van der Waals surface area contributed by atoms with Gasteiger partial charge in [0, 0.05) is 11.6 Å². The van der Waals surface area contributed by atoms with E-state index in [-0.39, 0.29) is 5.56 Å². The Balaban J connectivity index is 3.37. The number of amides is 1. The number of aliphatic carboxylic acids is 1. The molecule has 2 N–H and O–H groups in total. The van der Waals surface area contributed by atoms with E-state index in [4.69, 9.17) is 5.11 Å². The second-order valence-electron chi connectivity index (χ2n) is 4.85. The van der Waals surface area contributed by atoms with E-state index in [0.29, 0.717) is 18.1 Å². The Morgan fingerprint density at radius 1 is 1.26 bits per heavy atom. The molecule has 0 saturated heterocycles. The van der Waals surface area contributed by atoms with Crippen molar-refractivity contribution < 1.29 is 27.9 Å². The Bertz CT molecular complexity index is 646. The van der Waals surface area contributed by atoms with Crippen molar-refractivity contribution in [3.63, 3.8) is 0 Å². The van der Waals surface area contributed by atoms with Gasteiger partial charge in [0.2, 0.25) is 0 Å². The number of rotatable bonds is 5. The molecule has 1 unspecified atom stereocenters. The zero-order chi connectivity index (χ0) is 17.7. The van der Waals surface area contributed by atoms with Gasteiger partial charge in [0.1, 0.15) is 0 Å². The van der Waals surface area contributed by atoms with Crippen LogP contribution in [0.1, 0.15) is 30.6 Å². The van der Waals surface area contributed by atoms with Crippen molar-refractivity contribution in [2.24, 2.45) is 0 Å². The highest BCUT2D eigenvalue weighted by Crippen LogP contribution is 2.32. The van der Waals surface area contributed by atoms with E-state index in [2.05, 4.69) is 5.73 Å². The molecule has 1 aromatic rings. The van der Waals surface area contributed by atoms with Crippen LogP contribution >= 0.6 is 0 Å². The maximum absolute atomic E-state index is 13.4. The Morgan fingerprint density at radius 2 is 1.83 bits per heavy atom. The Hall–Kier alpha value is -2.53. The molecule has 0 heterocycles. The normalized spacial score (nSPS) is 13.4. The fourth-order valence-corrected chi connectivity index (χ4v) is 1.60. The average molecular weight is 327 g/mol. The molecular formula is C16H16F3NO3. The molecule has 0 bridgehead atoms. The van der Waals surface area contributed by atoms with Gasteiger partial charge in [-0.2, -0.15) is 13.2 Å². The number of hydrogen-bond donors (Lipinski definition) is 2. The van der Waals surface area contributed by atoms with Crippen molar-refractivity contribution in [1.29, 1.82) is 0 Å². The van der Waals surface area contributed by atoms with Crippen LogP contribution in [0.5, 0.6) is 0 Å². The van der Waals surface area contributed by atoms with Gasteiger partial charge in [0.15, 0.2) is 0 Å². The third kappa shape index (κ3) is 4.23. The van der Waals surface area contributed by atoms with E-state index < -0.39 is 23.6 Å². The molecule has 0 aliphatic heterocycles. The summed E-state index contributed by atoms with van der Waals surface area (Å²) in [5, 5.41) is 10.7. The van der Waals surface area contributed by atoms with Crippen molar-refractivity contribution >= 4 is 11.9 Å². The van der Waals surface area contributed by atoms with Crippen LogP contribution < -0.4 is 5.32 Å². The first-order chi connectivity index (χ1) is 10.6. The van der Waals surface area contributed by atoms with Crippen molar-refractivity contribution in [1.82, 2.24) is 5.32 Å². The smallest absolute Gasteiger partial charge is 0.426 e. The SMILES string of the molecule is CCC(C)=C=CC(NC(=O)c1ccccc1)(C(=O)O)C(F)(F)F. The van der Waals surface area contributed by atoms with Crippen LogP contribution in [0.2, 0.25) is 0 Å². The molecule has 0 radical (unpaired) electrons. The predicted molar refractivity (Wildman–Crippen MR) is 77.9 cm³/mol. The quantitative estimate of drug-likeness (QED) is 0.815. The maximum Gasteiger partial charge on any atom is 0.426 e. The molecular weight excluding hydrogens is 311 g/mol. The van der Waals surface area contributed by atoms with Crippen LogP contribution in [-0.4, -0.2) is 28.7 Å². The van der Waals surface area contributed by atoms with Crippen molar-refractivity contribution in [3.8, 4) is 0 Å². The molecule has 0 saturated carbocycles. The molecule has 0 aromatic heterocycles. The highest BCUT2D eigenvalue weighted by atomic mass is 19.4. The number of alkyl halides is 3. The van der Waals surface area contributed by atoms with Crippen LogP contribution in [0.15, 0.2) is 47.7 Å². The first-order valence-electron chi connectivity index (χ1n) is 6.75. The van der Waals surface area contributed by atoms with Crippen LogP contribution in [0.25, 0.3) is 0 Å². The third-order valence-electron chi connectivity index (χ3n) is 3.20. The standard InChI is InChI=1S/C16H16F3NO3/c1-3-11(2)9-10-15(14(22)23,16(17,18)19)20-13(21)12-7-5-4-6-8-12/h4-8,10H,3H2,1-2H3,(H,20,21)(H,22,23). The van der Waals surface area contributed by atoms with Crippen LogP contribution in [-0.2, 0) is 4.79 Å². The lowest BCUT2D eigenvalue weighted by atomic mass is 9.97. The van der Waals surface area contributed by atoms with Gasteiger partial charge in [0.25, 0.3) is 11.4 Å². The molecule has 23 heavy (non-hydrogen) atoms. The van der Waals surface area contributed by atoms with Crippen LogP contribution in [0.4, 0.5) is 13.2 Å². The Kier molecular flexibility index (Phi) is 5.76. The summed E-state index contributed by atoms with van der Waals surface area (Å²) in [5.74, 6) is -3.37. The number of carbonyl (C=O) groups excluding carboxylic acids is 1. The van der Waals surface area contributed by atoms with E-state index >= 15 is 0 Å². The number of carboxylic acid groups (broad SMARTS) is 1. The molecule has 0 spiro atoms. The zero-order valence-corrected chi connectivity index (χ0v) is 12.6. The summed E-state index contributed by atoms with van der Waals surface area (Å²) in [4.78, 5) is 23.3. The summed E-state index contributed by atoms with van der Waals surface area (Å²) < 4.78 is 40.1. The van der Waals surface area contributed by atoms with E-state index in [0.717, 1.165) is 0 Å². The highest BCUT2D eigenvalue weighted by Gasteiger charge is 2.60. The van der Waals surface area contributed by atoms with Crippen molar-refractivity contribution in [2.45, 2.75) is 32.0 Å². The Labute approximate surface area is 131 Å². The monoisotopic (exact) mass is 327 g/mol. The molecule has 1 rings (SSSR count). The molecule has 124 valence electrons. The fourth-order valence-electron chi connectivity index (χ4n) is 1.60. The maximum atomic E-state index is 13.4. The number of benzene rings is 1. The van der Waals surface area contributed by atoms with E-state index in [1.54, 1.807) is 18.3 Å². The minimum atomic E-state index is -5.23. The number of carbonyl (C=O) groups is 2. The van der Waals surface area contributed by atoms with E-state index in [1.807, 2.05) is 0 Å². The van der Waals surface area contributed by atoms with Gasteiger partial charge >= 0.3 is 12.1 Å². The van der Waals surface area contributed by atoms with E-state index in [9.17, 15) is 22.8 Å². The summed E-state index contributed by atoms with van der Waals surface area (Å²) in [6.45, 7) is 3.20. The van der Waals surface area contributed by atoms with Gasteiger partial charge in [-0.15, -0.1) is 5.73 Å². The van der Waals surface area contributed by atoms with Crippen LogP contribution in [0.3, 0.4) is 0 Å². The predicted octanol–water partition coefficient (Wildman–Crippen LogP) is 3.31. The third-order valence-corrected chi connectivity index (χ3v) is 3.20. The lowest BCUT2D eigenvalue weighted by Crippen LogP contribution is -2.62. The topological polar surface area (TPSA) is 66.4 Å². The average Bonchev–Trinajstić information content (AvgIpc) is 2.50. The van der Waals surface area contributed by atoms with Gasteiger partial charge in [0.05, 0.1) is 0 Å². The van der Waals surface area contributed by atoms with E-state index in [1.165, 1.54) is 31.2 Å².